The van der Waals surface area contributed by atoms with Crippen molar-refractivity contribution in [2.24, 2.45) is 0 Å². The van der Waals surface area contributed by atoms with Gasteiger partial charge in [0.15, 0.2) is 17.5 Å². The molecule has 0 spiro atoms. The Hall–Kier alpha value is -2.00. The van der Waals surface area contributed by atoms with Crippen LogP contribution in [0.25, 0.3) is 0 Å². The molecule has 5 nitrogen and oxygen atoms in total. The van der Waals surface area contributed by atoms with Crippen LogP contribution in [0.4, 0.5) is 0 Å². The molecule has 3 heterocycles. The van der Waals surface area contributed by atoms with Crippen molar-refractivity contribution < 1.29 is 4.79 Å². The van der Waals surface area contributed by atoms with Crippen LogP contribution in [-0.4, -0.2) is 20.5 Å². The van der Waals surface area contributed by atoms with Gasteiger partial charge in [0, 0.05) is 17.8 Å². The topological polar surface area (TPSA) is 71.6 Å². The lowest BCUT2D eigenvalue weighted by molar-refractivity contribution is 0.0978. The van der Waals surface area contributed by atoms with Gasteiger partial charge < -0.3 is 4.57 Å². The van der Waals surface area contributed by atoms with Gasteiger partial charge in [0.1, 0.15) is 5.82 Å². The Kier molecular flexibility index (Phi) is 3.74. The van der Waals surface area contributed by atoms with Crippen LogP contribution >= 0.6 is 11.3 Å². The number of hydrogen-bond donors (Lipinski definition) is 0. The van der Waals surface area contributed by atoms with Crippen molar-refractivity contribution in [2.45, 2.75) is 57.4 Å². The van der Waals surface area contributed by atoms with E-state index in [0.717, 1.165) is 50.9 Å². The Morgan fingerprint density at radius 2 is 2.13 bits per heavy atom. The average Bonchev–Trinajstić information content (AvgIpc) is 3.20. The van der Waals surface area contributed by atoms with Crippen LogP contribution in [0.15, 0.2) is 6.07 Å². The fraction of sp³-hybridized carbons (Fsp3) is 0.529. The van der Waals surface area contributed by atoms with Crippen LogP contribution in [0.5, 0.6) is 0 Å². The van der Waals surface area contributed by atoms with Gasteiger partial charge >= 0.3 is 0 Å². The zero-order valence-corrected chi connectivity index (χ0v) is 13.7. The number of carbonyl (C=O) groups is 1. The number of aryl methyl sites for hydroxylation is 3. The van der Waals surface area contributed by atoms with Gasteiger partial charge in [0.2, 0.25) is 0 Å². The number of thiophene rings is 1. The van der Waals surface area contributed by atoms with Crippen LogP contribution in [0.2, 0.25) is 0 Å². The lowest BCUT2D eigenvalue weighted by atomic mass is 10.0. The Morgan fingerprint density at radius 1 is 1.22 bits per heavy atom. The standard InChI is InChI=1S/C17H18N4OS/c18-10-12(16(22)14-9-11-5-4-6-13(11)23-14)17-20-19-15-7-2-1-3-8-21(15)17/h9,12H,1-8H2/t12-/m1/s1. The van der Waals surface area contributed by atoms with E-state index in [1.807, 2.05) is 10.6 Å². The third-order valence-corrected chi connectivity index (χ3v) is 6.03. The molecule has 0 unspecified atom stereocenters. The van der Waals surface area contributed by atoms with Gasteiger partial charge in [-0.2, -0.15) is 5.26 Å². The van der Waals surface area contributed by atoms with Crippen LogP contribution in [-0.2, 0) is 25.8 Å². The predicted molar refractivity (Wildman–Crippen MR) is 86.6 cm³/mol. The fourth-order valence-electron chi connectivity index (χ4n) is 3.55. The lowest BCUT2D eigenvalue weighted by Crippen LogP contribution is -2.17. The first-order valence-electron chi connectivity index (χ1n) is 8.25. The number of carbonyl (C=O) groups excluding carboxylic acids is 1. The number of ketones is 1. The second-order valence-electron chi connectivity index (χ2n) is 6.28. The van der Waals surface area contributed by atoms with Crippen molar-refractivity contribution in [3.8, 4) is 6.07 Å². The summed E-state index contributed by atoms with van der Waals surface area (Å²) in [4.78, 5) is 14.9. The molecule has 0 N–H and O–H groups in total. The largest absolute Gasteiger partial charge is 0.313 e. The summed E-state index contributed by atoms with van der Waals surface area (Å²) < 4.78 is 2.00. The van der Waals surface area contributed by atoms with E-state index in [1.165, 1.54) is 16.9 Å². The van der Waals surface area contributed by atoms with Gasteiger partial charge in [-0.15, -0.1) is 21.5 Å². The number of aromatic nitrogens is 3. The van der Waals surface area contributed by atoms with Crippen LogP contribution in [0.3, 0.4) is 0 Å². The molecule has 1 aliphatic carbocycles. The van der Waals surface area contributed by atoms with E-state index in [1.54, 1.807) is 11.3 Å². The summed E-state index contributed by atoms with van der Waals surface area (Å²) in [6.07, 6.45) is 7.48. The molecule has 118 valence electrons. The highest BCUT2D eigenvalue weighted by atomic mass is 32.1. The third kappa shape index (κ3) is 2.49. The monoisotopic (exact) mass is 326 g/mol. The minimum Gasteiger partial charge on any atom is -0.313 e. The Balaban J connectivity index is 1.67. The Labute approximate surface area is 139 Å². The molecule has 0 saturated heterocycles. The second kappa shape index (κ2) is 5.89. The minimum atomic E-state index is -0.840. The van der Waals surface area contributed by atoms with Gasteiger partial charge in [-0.25, -0.2) is 0 Å². The highest BCUT2D eigenvalue weighted by Crippen LogP contribution is 2.33. The molecule has 2 aliphatic rings. The van der Waals surface area contributed by atoms with Crippen LogP contribution < -0.4 is 0 Å². The van der Waals surface area contributed by atoms with Crippen LogP contribution in [0.1, 0.15) is 63.4 Å². The van der Waals surface area contributed by atoms with E-state index in [4.69, 9.17) is 0 Å². The normalized spacial score (nSPS) is 17.9. The molecule has 0 radical (unpaired) electrons. The van der Waals surface area contributed by atoms with E-state index in [0.29, 0.717) is 10.7 Å². The molecular formula is C17H18N4OS. The summed E-state index contributed by atoms with van der Waals surface area (Å²) >= 11 is 1.55. The summed E-state index contributed by atoms with van der Waals surface area (Å²) in [6, 6.07) is 4.16. The van der Waals surface area contributed by atoms with E-state index >= 15 is 0 Å². The Morgan fingerprint density at radius 3 is 2.96 bits per heavy atom. The molecule has 0 fully saturated rings. The summed E-state index contributed by atoms with van der Waals surface area (Å²) in [7, 11) is 0. The molecule has 0 aromatic carbocycles. The van der Waals surface area contributed by atoms with E-state index in [-0.39, 0.29) is 5.78 Å². The van der Waals surface area contributed by atoms with E-state index < -0.39 is 5.92 Å². The molecule has 0 saturated carbocycles. The number of Topliss-reactive ketones (excluding diaryl/α,β-unsaturated/α-hetero) is 1. The average molecular weight is 326 g/mol. The minimum absolute atomic E-state index is 0.119. The van der Waals surface area contributed by atoms with Crippen molar-refractivity contribution in [2.75, 3.05) is 0 Å². The van der Waals surface area contributed by atoms with Crippen LogP contribution in [0, 0.1) is 11.3 Å². The Bertz CT molecular complexity index is 777. The lowest BCUT2D eigenvalue weighted by Gasteiger charge is -2.10. The highest BCUT2D eigenvalue weighted by molar-refractivity contribution is 7.14. The van der Waals surface area contributed by atoms with Gasteiger partial charge in [-0.05, 0) is 43.7 Å². The molecule has 1 atom stereocenters. The molecule has 1 aliphatic heterocycles. The quantitative estimate of drug-likeness (QED) is 0.813. The maximum absolute atomic E-state index is 12.9. The molecule has 2 aromatic heterocycles. The summed E-state index contributed by atoms with van der Waals surface area (Å²) in [5, 5.41) is 18.0. The van der Waals surface area contributed by atoms with E-state index in [9.17, 15) is 10.1 Å². The summed E-state index contributed by atoms with van der Waals surface area (Å²) in [6.45, 7) is 0.810. The smallest absolute Gasteiger partial charge is 0.197 e. The van der Waals surface area contributed by atoms with Crippen molar-refractivity contribution in [3.05, 3.63) is 33.0 Å². The molecule has 4 rings (SSSR count). The van der Waals surface area contributed by atoms with Gasteiger partial charge in [0.25, 0.3) is 0 Å². The maximum Gasteiger partial charge on any atom is 0.197 e. The number of nitrogens with zero attached hydrogens (tertiary/aromatic N) is 4. The molecule has 23 heavy (non-hydrogen) atoms. The zero-order chi connectivity index (χ0) is 15.8. The molecular weight excluding hydrogens is 308 g/mol. The maximum atomic E-state index is 12.9. The first-order valence-corrected chi connectivity index (χ1v) is 9.07. The SMILES string of the molecule is N#C[C@H](C(=O)c1cc2c(s1)CCC2)c1nnc2n1CCCCC2. The van der Waals surface area contributed by atoms with Crippen molar-refractivity contribution in [1.29, 1.82) is 5.26 Å². The number of rotatable bonds is 3. The first-order chi connectivity index (χ1) is 11.3. The molecule has 0 amide bonds. The summed E-state index contributed by atoms with van der Waals surface area (Å²) in [5.74, 6) is 0.488. The van der Waals surface area contributed by atoms with E-state index in [2.05, 4.69) is 16.3 Å². The molecule has 2 aromatic rings. The van der Waals surface area contributed by atoms with Crippen molar-refractivity contribution >= 4 is 17.1 Å². The number of fused-ring (bicyclic) bond motifs is 2. The number of nitriles is 1. The molecule has 6 heteroatoms. The van der Waals surface area contributed by atoms with Gasteiger partial charge in [0.05, 0.1) is 10.9 Å². The first kappa shape index (κ1) is 14.6. The van der Waals surface area contributed by atoms with Gasteiger partial charge in [-0.1, -0.05) is 6.42 Å². The van der Waals surface area contributed by atoms with Crippen molar-refractivity contribution in [3.63, 3.8) is 0 Å². The molecule has 0 bridgehead atoms. The van der Waals surface area contributed by atoms with Gasteiger partial charge in [-0.3, -0.25) is 4.79 Å². The second-order valence-corrected chi connectivity index (χ2v) is 7.41. The zero-order valence-electron chi connectivity index (χ0n) is 12.9. The third-order valence-electron chi connectivity index (χ3n) is 4.78. The fourth-order valence-corrected chi connectivity index (χ4v) is 4.77. The number of hydrogen-bond acceptors (Lipinski definition) is 5. The van der Waals surface area contributed by atoms with Crippen molar-refractivity contribution in [1.82, 2.24) is 14.8 Å². The highest BCUT2D eigenvalue weighted by Gasteiger charge is 2.31. The predicted octanol–water partition coefficient (Wildman–Crippen LogP) is 3.04. The summed E-state index contributed by atoms with van der Waals surface area (Å²) in [5.41, 5.74) is 1.29.